The summed E-state index contributed by atoms with van der Waals surface area (Å²) in [7, 11) is 0. The Labute approximate surface area is 134 Å². The van der Waals surface area contributed by atoms with Crippen LogP contribution in [0.25, 0.3) is 0 Å². The highest BCUT2D eigenvalue weighted by Crippen LogP contribution is 2.19. The number of carbonyl (C=O) groups excluding carboxylic acids is 1. The van der Waals surface area contributed by atoms with Crippen molar-refractivity contribution in [2.75, 3.05) is 23.3 Å². The van der Waals surface area contributed by atoms with Crippen LogP contribution >= 0.6 is 0 Å². The average Bonchev–Trinajstić information content (AvgIpc) is 3.09. The van der Waals surface area contributed by atoms with Crippen LogP contribution in [0, 0.1) is 18.3 Å². The molecule has 0 radical (unpaired) electrons. The first kappa shape index (κ1) is 15.0. The van der Waals surface area contributed by atoms with Crippen molar-refractivity contribution in [3.05, 3.63) is 47.4 Å². The Morgan fingerprint density at radius 2 is 1.91 bits per heavy atom. The molecule has 0 saturated carbocycles. The smallest absolute Gasteiger partial charge is 0.274 e. The van der Waals surface area contributed by atoms with E-state index in [0.29, 0.717) is 22.8 Å². The summed E-state index contributed by atoms with van der Waals surface area (Å²) in [4.78, 5) is 23.2. The Morgan fingerprint density at radius 3 is 2.57 bits per heavy atom. The van der Waals surface area contributed by atoms with Crippen molar-refractivity contribution in [3.63, 3.8) is 0 Å². The van der Waals surface area contributed by atoms with E-state index in [1.54, 1.807) is 37.3 Å². The van der Waals surface area contributed by atoms with Gasteiger partial charge in [0.2, 0.25) is 0 Å². The number of anilines is 2. The Balaban J connectivity index is 1.79. The van der Waals surface area contributed by atoms with E-state index in [-0.39, 0.29) is 5.91 Å². The van der Waals surface area contributed by atoms with Gasteiger partial charge in [0.1, 0.15) is 17.3 Å². The number of carbonyl (C=O) groups is 1. The lowest BCUT2D eigenvalue weighted by Crippen LogP contribution is -2.22. The number of aryl methyl sites for hydroxylation is 1. The molecule has 1 aromatic heterocycles. The van der Waals surface area contributed by atoms with Crippen LogP contribution in [0.1, 0.15) is 34.7 Å². The summed E-state index contributed by atoms with van der Waals surface area (Å²) in [6, 6.07) is 10.5. The van der Waals surface area contributed by atoms with Crippen LogP contribution < -0.4 is 10.2 Å². The van der Waals surface area contributed by atoms with E-state index >= 15 is 0 Å². The van der Waals surface area contributed by atoms with Crippen LogP contribution in [0.15, 0.2) is 30.3 Å². The van der Waals surface area contributed by atoms with Gasteiger partial charge < -0.3 is 10.2 Å². The predicted molar refractivity (Wildman–Crippen MR) is 87.3 cm³/mol. The highest BCUT2D eigenvalue weighted by Gasteiger charge is 2.17. The van der Waals surface area contributed by atoms with Crippen molar-refractivity contribution in [1.29, 1.82) is 5.26 Å². The third-order valence-electron chi connectivity index (χ3n) is 3.76. The molecule has 116 valence electrons. The van der Waals surface area contributed by atoms with Crippen molar-refractivity contribution >= 4 is 17.4 Å². The van der Waals surface area contributed by atoms with Crippen molar-refractivity contribution in [2.45, 2.75) is 19.8 Å². The molecule has 23 heavy (non-hydrogen) atoms. The lowest BCUT2D eigenvalue weighted by molar-refractivity contribution is 0.102. The van der Waals surface area contributed by atoms with Gasteiger partial charge in [-0.2, -0.15) is 5.26 Å². The monoisotopic (exact) mass is 307 g/mol. The molecule has 1 N–H and O–H groups in total. The molecular formula is C17H17N5O. The zero-order valence-electron chi connectivity index (χ0n) is 12.9. The van der Waals surface area contributed by atoms with Gasteiger partial charge in [-0.15, -0.1) is 0 Å². The Bertz CT molecular complexity index is 758. The van der Waals surface area contributed by atoms with E-state index in [0.717, 1.165) is 31.7 Å². The quantitative estimate of drug-likeness (QED) is 0.942. The molecule has 1 amide bonds. The fourth-order valence-corrected chi connectivity index (χ4v) is 2.60. The summed E-state index contributed by atoms with van der Waals surface area (Å²) in [6.07, 6.45) is 2.30. The molecule has 6 nitrogen and oxygen atoms in total. The summed E-state index contributed by atoms with van der Waals surface area (Å²) >= 11 is 0. The topological polar surface area (TPSA) is 81.9 Å². The molecule has 6 heteroatoms. The number of nitrogens with one attached hydrogen (secondary N) is 1. The van der Waals surface area contributed by atoms with Crippen LogP contribution in [0.3, 0.4) is 0 Å². The summed E-state index contributed by atoms with van der Waals surface area (Å²) in [5, 5.41) is 11.6. The first-order valence-electron chi connectivity index (χ1n) is 7.58. The zero-order chi connectivity index (χ0) is 16.2. The molecule has 0 spiro atoms. The zero-order valence-corrected chi connectivity index (χ0v) is 12.9. The fourth-order valence-electron chi connectivity index (χ4n) is 2.60. The normalized spacial score (nSPS) is 13.7. The van der Waals surface area contributed by atoms with Crippen molar-refractivity contribution < 1.29 is 4.79 Å². The maximum atomic E-state index is 12.4. The van der Waals surface area contributed by atoms with Gasteiger partial charge in [0.05, 0.1) is 11.6 Å². The Hall–Kier alpha value is -2.94. The maximum Gasteiger partial charge on any atom is 0.274 e. The van der Waals surface area contributed by atoms with Gasteiger partial charge >= 0.3 is 0 Å². The number of nitrogens with zero attached hydrogens (tertiary/aromatic N) is 4. The molecule has 3 rings (SSSR count). The number of hydrogen-bond acceptors (Lipinski definition) is 5. The second-order valence-corrected chi connectivity index (χ2v) is 5.50. The molecule has 0 atom stereocenters. The number of benzene rings is 1. The van der Waals surface area contributed by atoms with Gasteiger partial charge in [-0.25, -0.2) is 9.97 Å². The molecule has 0 aliphatic carbocycles. The van der Waals surface area contributed by atoms with E-state index in [1.165, 1.54) is 0 Å². The minimum absolute atomic E-state index is 0.277. The molecule has 2 heterocycles. The number of nitriles is 1. The molecule has 1 aliphatic heterocycles. The van der Waals surface area contributed by atoms with E-state index in [4.69, 9.17) is 5.26 Å². The van der Waals surface area contributed by atoms with Crippen LogP contribution in [-0.2, 0) is 0 Å². The van der Waals surface area contributed by atoms with Crippen LogP contribution in [0.2, 0.25) is 0 Å². The molecular weight excluding hydrogens is 290 g/mol. The molecule has 2 aromatic rings. The van der Waals surface area contributed by atoms with E-state index in [1.807, 2.05) is 6.07 Å². The summed E-state index contributed by atoms with van der Waals surface area (Å²) in [6.45, 7) is 3.72. The van der Waals surface area contributed by atoms with Gasteiger partial charge in [-0.05, 0) is 44.0 Å². The van der Waals surface area contributed by atoms with Gasteiger partial charge in [-0.1, -0.05) is 0 Å². The molecule has 1 aromatic carbocycles. The van der Waals surface area contributed by atoms with Crippen LogP contribution in [0.4, 0.5) is 11.5 Å². The number of rotatable bonds is 3. The summed E-state index contributed by atoms with van der Waals surface area (Å²) in [5.41, 5.74) is 1.54. The van der Waals surface area contributed by atoms with E-state index < -0.39 is 0 Å². The van der Waals surface area contributed by atoms with E-state index in [9.17, 15) is 4.79 Å². The molecule has 1 aliphatic rings. The first-order chi connectivity index (χ1) is 11.2. The molecule has 0 bridgehead atoms. The van der Waals surface area contributed by atoms with Gasteiger partial charge in [0.15, 0.2) is 0 Å². The largest absolute Gasteiger partial charge is 0.356 e. The van der Waals surface area contributed by atoms with Gasteiger partial charge in [0, 0.05) is 24.8 Å². The van der Waals surface area contributed by atoms with Crippen molar-refractivity contribution in [3.8, 4) is 6.07 Å². The van der Waals surface area contributed by atoms with Crippen molar-refractivity contribution in [1.82, 2.24) is 9.97 Å². The minimum atomic E-state index is -0.277. The van der Waals surface area contributed by atoms with Crippen LogP contribution in [-0.4, -0.2) is 29.0 Å². The first-order valence-corrected chi connectivity index (χ1v) is 7.58. The number of amides is 1. The second kappa shape index (κ2) is 6.44. The lowest BCUT2D eigenvalue weighted by atomic mass is 10.2. The standard InChI is InChI=1S/C17H17N5O/c1-12-19-15(10-16(20-12)22-8-2-3-9-22)17(23)21-14-6-4-13(11-18)5-7-14/h4-7,10H,2-3,8-9H2,1H3,(H,21,23). The highest BCUT2D eigenvalue weighted by molar-refractivity contribution is 6.03. The SMILES string of the molecule is Cc1nc(C(=O)Nc2ccc(C#N)cc2)cc(N2CCCC2)n1. The highest BCUT2D eigenvalue weighted by atomic mass is 16.1. The number of hydrogen-bond donors (Lipinski definition) is 1. The molecule has 1 saturated heterocycles. The Kier molecular flexibility index (Phi) is 4.20. The summed E-state index contributed by atoms with van der Waals surface area (Å²) < 4.78 is 0. The number of aromatic nitrogens is 2. The average molecular weight is 307 g/mol. The maximum absolute atomic E-state index is 12.4. The Morgan fingerprint density at radius 1 is 1.22 bits per heavy atom. The van der Waals surface area contributed by atoms with Crippen molar-refractivity contribution in [2.24, 2.45) is 0 Å². The van der Waals surface area contributed by atoms with E-state index in [2.05, 4.69) is 20.2 Å². The van der Waals surface area contributed by atoms with Gasteiger partial charge in [0.25, 0.3) is 5.91 Å². The van der Waals surface area contributed by atoms with Crippen LogP contribution in [0.5, 0.6) is 0 Å². The third kappa shape index (κ3) is 3.46. The summed E-state index contributed by atoms with van der Waals surface area (Å²) in [5.74, 6) is 1.11. The second-order valence-electron chi connectivity index (χ2n) is 5.50. The predicted octanol–water partition coefficient (Wildman–Crippen LogP) is 2.51. The third-order valence-corrected chi connectivity index (χ3v) is 3.76. The molecule has 0 unspecified atom stereocenters. The lowest BCUT2D eigenvalue weighted by Gasteiger charge is -2.17. The van der Waals surface area contributed by atoms with Gasteiger partial charge in [-0.3, -0.25) is 4.79 Å². The molecule has 1 fully saturated rings. The minimum Gasteiger partial charge on any atom is -0.356 e. The fraction of sp³-hybridized carbons (Fsp3) is 0.294.